The zero-order valence-electron chi connectivity index (χ0n) is 11.2. The van der Waals surface area contributed by atoms with E-state index in [0.717, 1.165) is 19.6 Å². The highest BCUT2D eigenvalue weighted by molar-refractivity contribution is 5.30. The Hall–Kier alpha value is -1.04. The summed E-state index contributed by atoms with van der Waals surface area (Å²) in [7, 11) is 0. The number of nitrogens with zero attached hydrogens (tertiary/aromatic N) is 2. The first-order valence-corrected chi connectivity index (χ1v) is 7.23. The van der Waals surface area contributed by atoms with Crippen LogP contribution in [0.1, 0.15) is 31.2 Å². The minimum atomic E-state index is -4.14. The Bertz CT molecular complexity index is 518. The van der Waals surface area contributed by atoms with Gasteiger partial charge in [0.05, 0.1) is 11.6 Å². The first-order valence-electron chi connectivity index (χ1n) is 7.23. The van der Waals surface area contributed by atoms with Crippen molar-refractivity contribution in [2.24, 2.45) is 11.3 Å². The van der Waals surface area contributed by atoms with Gasteiger partial charge in [0.25, 0.3) is 0 Å². The highest BCUT2D eigenvalue weighted by Crippen LogP contribution is 2.58. The summed E-state index contributed by atoms with van der Waals surface area (Å²) >= 11 is 0. The van der Waals surface area contributed by atoms with Crippen molar-refractivity contribution in [3.8, 4) is 0 Å². The predicted molar refractivity (Wildman–Crippen MR) is 67.2 cm³/mol. The third-order valence-corrected chi connectivity index (χ3v) is 5.37. The van der Waals surface area contributed by atoms with Crippen molar-refractivity contribution in [3.63, 3.8) is 0 Å². The zero-order valence-corrected chi connectivity index (χ0v) is 11.2. The molecule has 2 heterocycles. The Kier molecular flexibility index (Phi) is 2.40. The molecule has 2 saturated carbocycles. The zero-order chi connectivity index (χ0) is 14.0. The average Bonchev–Trinajstić information content (AvgIpc) is 2.96. The van der Waals surface area contributed by atoms with Crippen LogP contribution in [0.2, 0.25) is 0 Å². The number of alkyl halides is 3. The number of aromatic nitrogens is 2. The molecule has 1 aromatic heterocycles. The number of hydrogen-bond acceptors (Lipinski definition) is 2. The van der Waals surface area contributed by atoms with Crippen molar-refractivity contribution in [2.45, 2.75) is 43.8 Å². The standard InChI is InChI=1S/C14H18F3N3/c15-14(16,17)13(1-2-13)11-5-19-20(7-11)6-10-3-12(4-10)8-18-9-12/h5,7,10,18H,1-4,6,8-9H2. The molecule has 0 radical (unpaired) electrons. The van der Waals surface area contributed by atoms with Gasteiger partial charge in [0.15, 0.2) is 0 Å². The molecule has 0 amide bonds. The van der Waals surface area contributed by atoms with E-state index in [-0.39, 0.29) is 12.8 Å². The number of nitrogens with one attached hydrogen (secondary N) is 1. The van der Waals surface area contributed by atoms with E-state index >= 15 is 0 Å². The van der Waals surface area contributed by atoms with Gasteiger partial charge in [-0.15, -0.1) is 0 Å². The van der Waals surface area contributed by atoms with Gasteiger partial charge >= 0.3 is 6.18 Å². The third-order valence-electron chi connectivity index (χ3n) is 5.37. The smallest absolute Gasteiger partial charge is 0.316 e. The Morgan fingerprint density at radius 2 is 2.00 bits per heavy atom. The normalized spacial score (nSPS) is 27.1. The molecule has 3 fully saturated rings. The highest BCUT2D eigenvalue weighted by atomic mass is 19.4. The maximum Gasteiger partial charge on any atom is 0.398 e. The lowest BCUT2D eigenvalue weighted by atomic mass is 9.58. The molecule has 2 aliphatic carbocycles. The number of rotatable bonds is 3. The van der Waals surface area contributed by atoms with E-state index in [1.807, 2.05) is 0 Å². The van der Waals surface area contributed by atoms with Crippen molar-refractivity contribution in [1.29, 1.82) is 0 Å². The van der Waals surface area contributed by atoms with E-state index in [1.165, 1.54) is 19.0 Å². The lowest BCUT2D eigenvalue weighted by molar-refractivity contribution is -0.160. The molecule has 1 N–H and O–H groups in total. The number of halogens is 3. The van der Waals surface area contributed by atoms with Crippen LogP contribution in [0.3, 0.4) is 0 Å². The first-order chi connectivity index (χ1) is 9.43. The molecule has 3 nitrogen and oxygen atoms in total. The molecule has 0 bridgehead atoms. The maximum absolute atomic E-state index is 13.0. The monoisotopic (exact) mass is 285 g/mol. The van der Waals surface area contributed by atoms with Gasteiger partial charge in [0.1, 0.15) is 0 Å². The molecule has 1 spiro atoms. The minimum Gasteiger partial charge on any atom is -0.316 e. The summed E-state index contributed by atoms with van der Waals surface area (Å²) in [4.78, 5) is 0. The van der Waals surface area contributed by atoms with Crippen LogP contribution < -0.4 is 5.32 Å². The topological polar surface area (TPSA) is 29.9 Å². The van der Waals surface area contributed by atoms with Crippen molar-refractivity contribution >= 4 is 0 Å². The second-order valence-electron chi connectivity index (χ2n) is 6.91. The Morgan fingerprint density at radius 3 is 2.50 bits per heavy atom. The van der Waals surface area contributed by atoms with Gasteiger partial charge in [-0.3, -0.25) is 4.68 Å². The van der Waals surface area contributed by atoms with Gasteiger partial charge in [0, 0.05) is 31.4 Å². The van der Waals surface area contributed by atoms with Gasteiger partial charge < -0.3 is 5.32 Å². The van der Waals surface area contributed by atoms with E-state index in [0.29, 0.717) is 16.9 Å². The lowest BCUT2D eigenvalue weighted by Gasteiger charge is -2.54. The second-order valence-corrected chi connectivity index (χ2v) is 6.91. The van der Waals surface area contributed by atoms with Gasteiger partial charge in [0.2, 0.25) is 0 Å². The summed E-state index contributed by atoms with van der Waals surface area (Å²) in [6.07, 6.45) is 1.67. The van der Waals surface area contributed by atoms with Crippen LogP contribution in [0.4, 0.5) is 13.2 Å². The summed E-state index contributed by atoms with van der Waals surface area (Å²) in [6, 6.07) is 0. The van der Waals surface area contributed by atoms with Crippen molar-refractivity contribution < 1.29 is 13.2 Å². The Morgan fingerprint density at radius 1 is 1.30 bits per heavy atom. The minimum absolute atomic E-state index is 0.209. The van der Waals surface area contributed by atoms with Crippen LogP contribution in [-0.4, -0.2) is 29.0 Å². The van der Waals surface area contributed by atoms with Crippen LogP contribution in [0.25, 0.3) is 0 Å². The van der Waals surface area contributed by atoms with Crippen LogP contribution in [0, 0.1) is 11.3 Å². The SMILES string of the molecule is FC(F)(F)C1(c2cnn(CC3CC4(CNC4)C3)c2)CC1. The Balaban J connectivity index is 1.42. The molecule has 3 aliphatic rings. The summed E-state index contributed by atoms with van der Waals surface area (Å²) in [5.41, 5.74) is -0.738. The fourth-order valence-corrected chi connectivity index (χ4v) is 3.90. The number of hydrogen-bond donors (Lipinski definition) is 1. The first kappa shape index (κ1) is 12.7. The predicted octanol–water partition coefficient (Wildman–Crippen LogP) is 2.48. The second kappa shape index (κ2) is 3.78. The molecule has 1 aromatic rings. The van der Waals surface area contributed by atoms with E-state index in [1.54, 1.807) is 10.9 Å². The van der Waals surface area contributed by atoms with Gasteiger partial charge in [-0.1, -0.05) is 0 Å². The van der Waals surface area contributed by atoms with Crippen LogP contribution >= 0.6 is 0 Å². The Labute approximate surface area is 115 Å². The molecular weight excluding hydrogens is 267 g/mol. The highest BCUT2D eigenvalue weighted by Gasteiger charge is 2.64. The molecule has 1 aliphatic heterocycles. The molecular formula is C14H18F3N3. The molecule has 6 heteroatoms. The van der Waals surface area contributed by atoms with Crippen LogP contribution in [-0.2, 0) is 12.0 Å². The van der Waals surface area contributed by atoms with Gasteiger partial charge in [-0.2, -0.15) is 18.3 Å². The molecule has 4 rings (SSSR count). The van der Waals surface area contributed by atoms with Crippen molar-refractivity contribution in [2.75, 3.05) is 13.1 Å². The summed E-state index contributed by atoms with van der Waals surface area (Å²) < 4.78 is 40.8. The molecule has 0 unspecified atom stereocenters. The van der Waals surface area contributed by atoms with E-state index in [2.05, 4.69) is 10.4 Å². The third kappa shape index (κ3) is 1.73. The van der Waals surface area contributed by atoms with Crippen molar-refractivity contribution in [3.05, 3.63) is 18.0 Å². The summed E-state index contributed by atoms with van der Waals surface area (Å²) in [6.45, 7) is 2.96. The molecule has 110 valence electrons. The largest absolute Gasteiger partial charge is 0.398 e. The van der Waals surface area contributed by atoms with E-state index in [9.17, 15) is 13.2 Å². The fourth-order valence-electron chi connectivity index (χ4n) is 3.90. The fraction of sp³-hybridized carbons (Fsp3) is 0.786. The molecule has 0 aromatic carbocycles. The molecule has 1 saturated heterocycles. The quantitative estimate of drug-likeness (QED) is 0.924. The van der Waals surface area contributed by atoms with E-state index in [4.69, 9.17) is 0 Å². The maximum atomic E-state index is 13.0. The van der Waals surface area contributed by atoms with Crippen molar-refractivity contribution in [1.82, 2.24) is 15.1 Å². The lowest BCUT2D eigenvalue weighted by Crippen LogP contribution is -2.60. The molecule has 0 atom stereocenters. The van der Waals surface area contributed by atoms with Gasteiger partial charge in [-0.05, 0) is 37.0 Å². The average molecular weight is 285 g/mol. The van der Waals surface area contributed by atoms with Gasteiger partial charge in [-0.25, -0.2) is 0 Å². The van der Waals surface area contributed by atoms with Crippen LogP contribution in [0.15, 0.2) is 12.4 Å². The van der Waals surface area contributed by atoms with E-state index < -0.39 is 11.6 Å². The molecule has 20 heavy (non-hydrogen) atoms. The summed E-state index contributed by atoms with van der Waals surface area (Å²) in [5.74, 6) is 0.575. The van der Waals surface area contributed by atoms with Crippen LogP contribution in [0.5, 0.6) is 0 Å². The summed E-state index contributed by atoms with van der Waals surface area (Å²) in [5, 5.41) is 7.44.